The lowest BCUT2D eigenvalue weighted by atomic mass is 10.3. The lowest BCUT2D eigenvalue weighted by molar-refractivity contribution is 0.517. The van der Waals surface area contributed by atoms with Gasteiger partial charge in [0.25, 0.3) is 0 Å². The fourth-order valence-electron chi connectivity index (χ4n) is 1.23. The maximum atomic E-state index is 13.1. The minimum Gasteiger partial charge on any atom is -0.467 e. The van der Waals surface area contributed by atoms with E-state index in [1.54, 1.807) is 12.1 Å². The predicted octanol–water partition coefficient (Wildman–Crippen LogP) is 3.17. The quantitative estimate of drug-likeness (QED) is 0.839. The van der Waals surface area contributed by atoms with E-state index in [1.807, 2.05) is 0 Å². The van der Waals surface area contributed by atoms with Gasteiger partial charge in [0.1, 0.15) is 17.4 Å². The molecule has 0 fully saturated rings. The van der Waals surface area contributed by atoms with Crippen molar-refractivity contribution in [2.45, 2.75) is 6.54 Å². The third kappa shape index (κ3) is 2.34. The Hall–Kier alpha value is -1.84. The summed E-state index contributed by atoms with van der Waals surface area (Å²) in [4.78, 5) is 0. The average molecular weight is 209 g/mol. The first-order valence-electron chi connectivity index (χ1n) is 4.47. The molecule has 2 aromatic rings. The Labute approximate surface area is 85.5 Å². The molecule has 0 bridgehead atoms. The van der Waals surface area contributed by atoms with E-state index in [-0.39, 0.29) is 5.69 Å². The number of furan rings is 1. The molecule has 1 aromatic carbocycles. The zero-order valence-corrected chi connectivity index (χ0v) is 7.84. The Balaban J connectivity index is 2.05. The van der Waals surface area contributed by atoms with E-state index >= 15 is 0 Å². The van der Waals surface area contributed by atoms with Gasteiger partial charge in [-0.25, -0.2) is 8.78 Å². The van der Waals surface area contributed by atoms with E-state index in [0.29, 0.717) is 12.3 Å². The van der Waals surface area contributed by atoms with Crippen LogP contribution in [-0.2, 0) is 6.54 Å². The number of hydrogen-bond acceptors (Lipinski definition) is 2. The first-order chi connectivity index (χ1) is 7.25. The molecule has 0 spiro atoms. The van der Waals surface area contributed by atoms with Gasteiger partial charge >= 0.3 is 0 Å². The van der Waals surface area contributed by atoms with Crippen LogP contribution in [0.2, 0.25) is 0 Å². The van der Waals surface area contributed by atoms with Crippen LogP contribution in [0.5, 0.6) is 0 Å². The van der Waals surface area contributed by atoms with Gasteiger partial charge in [-0.05, 0) is 24.3 Å². The first kappa shape index (κ1) is 9.71. The van der Waals surface area contributed by atoms with Crippen molar-refractivity contribution in [3.05, 3.63) is 54.0 Å². The van der Waals surface area contributed by atoms with Gasteiger partial charge in [-0.3, -0.25) is 0 Å². The fraction of sp³-hybridized carbons (Fsp3) is 0.0909. The van der Waals surface area contributed by atoms with E-state index in [0.717, 1.165) is 6.07 Å². The van der Waals surface area contributed by atoms with Crippen molar-refractivity contribution in [1.82, 2.24) is 0 Å². The van der Waals surface area contributed by atoms with Crippen molar-refractivity contribution >= 4 is 5.69 Å². The van der Waals surface area contributed by atoms with E-state index < -0.39 is 11.6 Å². The molecule has 1 heterocycles. The summed E-state index contributed by atoms with van der Waals surface area (Å²) in [6.07, 6.45) is 1.54. The number of anilines is 1. The van der Waals surface area contributed by atoms with Gasteiger partial charge in [-0.1, -0.05) is 0 Å². The van der Waals surface area contributed by atoms with Crippen LogP contribution in [0, 0.1) is 11.6 Å². The fourth-order valence-corrected chi connectivity index (χ4v) is 1.23. The summed E-state index contributed by atoms with van der Waals surface area (Å²) in [7, 11) is 0. The van der Waals surface area contributed by atoms with E-state index in [9.17, 15) is 8.78 Å². The van der Waals surface area contributed by atoms with Crippen molar-refractivity contribution in [3.63, 3.8) is 0 Å². The van der Waals surface area contributed by atoms with Crippen molar-refractivity contribution in [3.8, 4) is 0 Å². The predicted molar refractivity (Wildman–Crippen MR) is 52.4 cm³/mol. The highest BCUT2D eigenvalue weighted by atomic mass is 19.1. The Bertz CT molecular complexity index is 440. The van der Waals surface area contributed by atoms with E-state index in [4.69, 9.17) is 4.42 Å². The van der Waals surface area contributed by atoms with Crippen LogP contribution in [0.25, 0.3) is 0 Å². The molecule has 15 heavy (non-hydrogen) atoms. The lowest BCUT2D eigenvalue weighted by Crippen LogP contribution is -2.00. The average Bonchev–Trinajstić information content (AvgIpc) is 2.69. The zero-order valence-electron chi connectivity index (χ0n) is 7.84. The van der Waals surface area contributed by atoms with Crippen LogP contribution in [0.3, 0.4) is 0 Å². The van der Waals surface area contributed by atoms with Crippen LogP contribution >= 0.6 is 0 Å². The van der Waals surface area contributed by atoms with Gasteiger partial charge in [0.2, 0.25) is 0 Å². The highest BCUT2D eigenvalue weighted by molar-refractivity contribution is 5.44. The molecule has 0 aliphatic carbocycles. The number of nitrogens with one attached hydrogen (secondary N) is 1. The third-order valence-electron chi connectivity index (χ3n) is 1.96. The van der Waals surface area contributed by atoms with Crippen LogP contribution in [0.1, 0.15) is 5.76 Å². The Morgan fingerprint density at radius 3 is 2.73 bits per heavy atom. The Morgan fingerprint density at radius 2 is 2.07 bits per heavy atom. The van der Waals surface area contributed by atoms with Crippen LogP contribution in [0.15, 0.2) is 41.0 Å². The molecule has 0 saturated carbocycles. The summed E-state index contributed by atoms with van der Waals surface area (Å²) < 4.78 is 30.8. The maximum Gasteiger partial charge on any atom is 0.149 e. The molecule has 0 radical (unpaired) electrons. The maximum absolute atomic E-state index is 13.1. The molecule has 2 rings (SSSR count). The van der Waals surface area contributed by atoms with Crippen molar-refractivity contribution < 1.29 is 13.2 Å². The monoisotopic (exact) mass is 209 g/mol. The molecule has 0 atom stereocenters. The molecule has 0 amide bonds. The topological polar surface area (TPSA) is 25.2 Å². The summed E-state index contributed by atoms with van der Waals surface area (Å²) in [6, 6.07) is 6.91. The number of halogens is 2. The minimum atomic E-state index is -0.610. The molecule has 0 aliphatic rings. The molecule has 1 aromatic heterocycles. The number of rotatable bonds is 3. The van der Waals surface area contributed by atoms with Gasteiger partial charge in [0.15, 0.2) is 0 Å². The standard InChI is InChI=1S/C11H9F2NO/c12-8-3-4-11(10(13)6-8)14-7-9-2-1-5-15-9/h1-6,14H,7H2. The molecule has 78 valence electrons. The molecule has 2 nitrogen and oxygen atoms in total. The second kappa shape index (κ2) is 4.13. The number of benzene rings is 1. The summed E-state index contributed by atoms with van der Waals surface area (Å²) in [5.41, 5.74) is 0.257. The highest BCUT2D eigenvalue weighted by Crippen LogP contribution is 2.15. The van der Waals surface area contributed by atoms with E-state index in [1.165, 1.54) is 18.4 Å². The largest absolute Gasteiger partial charge is 0.467 e. The molecule has 1 N–H and O–H groups in total. The Morgan fingerprint density at radius 1 is 1.20 bits per heavy atom. The van der Waals surface area contributed by atoms with Gasteiger partial charge in [0.05, 0.1) is 18.5 Å². The first-order valence-corrected chi connectivity index (χ1v) is 4.47. The second-order valence-corrected chi connectivity index (χ2v) is 3.06. The highest BCUT2D eigenvalue weighted by Gasteiger charge is 2.03. The third-order valence-corrected chi connectivity index (χ3v) is 1.96. The van der Waals surface area contributed by atoms with Gasteiger partial charge in [-0.2, -0.15) is 0 Å². The Kier molecular flexibility index (Phi) is 2.67. The smallest absolute Gasteiger partial charge is 0.149 e. The van der Waals surface area contributed by atoms with Gasteiger partial charge < -0.3 is 9.73 Å². The van der Waals surface area contributed by atoms with Crippen molar-refractivity contribution in [2.24, 2.45) is 0 Å². The van der Waals surface area contributed by atoms with Crippen molar-refractivity contribution in [1.29, 1.82) is 0 Å². The van der Waals surface area contributed by atoms with Crippen molar-refractivity contribution in [2.75, 3.05) is 5.32 Å². The van der Waals surface area contributed by atoms with Crippen LogP contribution < -0.4 is 5.32 Å². The molecular weight excluding hydrogens is 200 g/mol. The van der Waals surface area contributed by atoms with Gasteiger partial charge in [-0.15, -0.1) is 0 Å². The van der Waals surface area contributed by atoms with Crippen LogP contribution in [0.4, 0.5) is 14.5 Å². The minimum absolute atomic E-state index is 0.257. The summed E-state index contributed by atoms with van der Waals surface area (Å²) in [6.45, 7) is 0.371. The summed E-state index contributed by atoms with van der Waals surface area (Å²) in [5, 5.41) is 2.81. The lowest BCUT2D eigenvalue weighted by Gasteiger charge is -2.05. The molecule has 0 unspecified atom stereocenters. The van der Waals surface area contributed by atoms with E-state index in [2.05, 4.69) is 5.32 Å². The number of hydrogen-bond donors (Lipinski definition) is 1. The normalized spacial score (nSPS) is 10.3. The molecular formula is C11H9F2NO. The molecule has 4 heteroatoms. The zero-order chi connectivity index (χ0) is 10.7. The second-order valence-electron chi connectivity index (χ2n) is 3.06. The van der Waals surface area contributed by atoms with Crippen LogP contribution in [-0.4, -0.2) is 0 Å². The summed E-state index contributed by atoms with van der Waals surface area (Å²) >= 11 is 0. The molecule has 0 aliphatic heterocycles. The SMILES string of the molecule is Fc1ccc(NCc2ccco2)c(F)c1. The summed E-state index contributed by atoms with van der Waals surface area (Å²) in [5.74, 6) is -0.503. The molecule has 0 saturated heterocycles. The van der Waals surface area contributed by atoms with Gasteiger partial charge in [0, 0.05) is 6.07 Å².